The van der Waals surface area contributed by atoms with Crippen molar-refractivity contribution < 1.29 is 22.4 Å². The summed E-state index contributed by atoms with van der Waals surface area (Å²) in [4.78, 5) is 20.8. The zero-order valence-electron chi connectivity index (χ0n) is 19.1. The van der Waals surface area contributed by atoms with Crippen molar-refractivity contribution >= 4 is 5.91 Å². The molecule has 0 saturated carbocycles. The minimum atomic E-state index is -4.45. The Morgan fingerprint density at radius 1 is 1.03 bits per heavy atom. The molecule has 1 aliphatic rings. The van der Waals surface area contributed by atoms with Crippen LogP contribution in [0.2, 0.25) is 0 Å². The van der Waals surface area contributed by atoms with E-state index < -0.39 is 11.7 Å². The van der Waals surface area contributed by atoms with Gasteiger partial charge in [-0.15, -0.1) is 0 Å². The van der Waals surface area contributed by atoms with Crippen LogP contribution in [0.25, 0.3) is 0 Å². The fourth-order valence-electron chi connectivity index (χ4n) is 4.34. The fraction of sp³-hybridized carbons (Fsp3) is 0.385. The number of oxazole rings is 1. The summed E-state index contributed by atoms with van der Waals surface area (Å²) >= 11 is 0. The molecule has 1 aliphatic heterocycles. The lowest BCUT2D eigenvalue weighted by Gasteiger charge is -2.29. The first-order valence-corrected chi connectivity index (χ1v) is 11.5. The summed E-state index contributed by atoms with van der Waals surface area (Å²) < 4.78 is 46.5. The predicted octanol–water partition coefficient (Wildman–Crippen LogP) is 6.08. The number of halogens is 3. The molecule has 0 spiro atoms. The van der Waals surface area contributed by atoms with Gasteiger partial charge in [-0.2, -0.15) is 13.2 Å². The lowest BCUT2D eigenvalue weighted by atomic mass is 10.0. The van der Waals surface area contributed by atoms with Gasteiger partial charge in [0.05, 0.1) is 12.1 Å². The van der Waals surface area contributed by atoms with Gasteiger partial charge in [-0.3, -0.25) is 9.69 Å². The van der Waals surface area contributed by atoms with Gasteiger partial charge in [0.1, 0.15) is 6.26 Å². The molecule has 1 atom stereocenters. The van der Waals surface area contributed by atoms with Gasteiger partial charge in [0.2, 0.25) is 5.89 Å². The molecule has 0 bridgehead atoms. The summed E-state index contributed by atoms with van der Waals surface area (Å²) in [6.07, 6.45) is -0.0506. The van der Waals surface area contributed by atoms with Crippen LogP contribution in [-0.2, 0) is 19.3 Å². The average molecular weight is 472 g/mol. The Morgan fingerprint density at radius 2 is 1.71 bits per heavy atom. The quantitative estimate of drug-likeness (QED) is 0.419. The molecule has 2 heterocycles. The highest BCUT2D eigenvalue weighted by Gasteiger charge is 2.34. The highest BCUT2D eigenvalue weighted by atomic mass is 19.4. The third-order valence-corrected chi connectivity index (χ3v) is 6.28. The highest BCUT2D eigenvalue weighted by molar-refractivity contribution is 5.92. The summed E-state index contributed by atoms with van der Waals surface area (Å²) in [7, 11) is 0. The van der Waals surface area contributed by atoms with E-state index in [0.717, 1.165) is 30.9 Å². The van der Waals surface area contributed by atoms with Gasteiger partial charge < -0.3 is 9.32 Å². The molecule has 0 radical (unpaired) electrons. The molecule has 3 aromatic rings. The standard InChI is InChI=1S/C26H28F3N3O2/c1-19(20-10-4-2-5-11-20)32(16-21-12-6-7-13-22(21)26(27,28)29)17-24-30-23(18-34-24)25(33)31-14-8-3-9-15-31/h2,4-7,10-13,18-19H,3,8-9,14-17H2,1H3. The number of alkyl halides is 3. The number of piperidine rings is 1. The number of amides is 1. The van der Waals surface area contributed by atoms with Crippen LogP contribution in [0.4, 0.5) is 13.2 Å². The molecule has 1 saturated heterocycles. The zero-order valence-corrected chi connectivity index (χ0v) is 19.1. The first kappa shape index (κ1) is 24.0. The van der Waals surface area contributed by atoms with Crippen LogP contribution in [0.1, 0.15) is 65.3 Å². The van der Waals surface area contributed by atoms with Crippen molar-refractivity contribution in [1.29, 1.82) is 0 Å². The number of carbonyl (C=O) groups excluding carboxylic acids is 1. The molecular weight excluding hydrogens is 443 g/mol. The van der Waals surface area contributed by atoms with E-state index in [9.17, 15) is 18.0 Å². The van der Waals surface area contributed by atoms with Crippen molar-refractivity contribution in [2.24, 2.45) is 0 Å². The number of carbonyl (C=O) groups is 1. The Kier molecular flexibility index (Phi) is 7.36. The summed E-state index contributed by atoms with van der Waals surface area (Å²) in [5.41, 5.74) is 0.714. The molecule has 2 aromatic carbocycles. The number of nitrogens with zero attached hydrogens (tertiary/aromatic N) is 3. The van der Waals surface area contributed by atoms with Crippen LogP contribution in [-0.4, -0.2) is 33.8 Å². The van der Waals surface area contributed by atoms with E-state index in [4.69, 9.17) is 4.42 Å². The largest absolute Gasteiger partial charge is 0.447 e. The van der Waals surface area contributed by atoms with Gasteiger partial charge in [0, 0.05) is 25.7 Å². The minimum absolute atomic E-state index is 0.0452. The topological polar surface area (TPSA) is 49.6 Å². The van der Waals surface area contributed by atoms with E-state index in [-0.39, 0.29) is 36.3 Å². The van der Waals surface area contributed by atoms with E-state index in [0.29, 0.717) is 19.0 Å². The number of hydrogen-bond donors (Lipinski definition) is 0. The van der Waals surface area contributed by atoms with Crippen LogP contribution in [0.5, 0.6) is 0 Å². The van der Waals surface area contributed by atoms with E-state index in [1.54, 1.807) is 11.0 Å². The Morgan fingerprint density at radius 3 is 2.41 bits per heavy atom. The first-order valence-electron chi connectivity index (χ1n) is 11.5. The van der Waals surface area contributed by atoms with Crippen molar-refractivity contribution in [3.05, 3.63) is 89.1 Å². The molecule has 0 aliphatic carbocycles. The predicted molar refractivity (Wildman–Crippen MR) is 122 cm³/mol. The highest BCUT2D eigenvalue weighted by Crippen LogP contribution is 2.34. The second-order valence-electron chi connectivity index (χ2n) is 8.63. The van der Waals surface area contributed by atoms with Gasteiger partial charge in [0.25, 0.3) is 5.91 Å². The van der Waals surface area contributed by atoms with Gasteiger partial charge in [-0.1, -0.05) is 48.5 Å². The maximum absolute atomic E-state index is 13.6. The lowest BCUT2D eigenvalue weighted by molar-refractivity contribution is -0.138. The van der Waals surface area contributed by atoms with Crippen LogP contribution in [0, 0.1) is 0 Å². The van der Waals surface area contributed by atoms with Crippen LogP contribution >= 0.6 is 0 Å². The smallest absolute Gasteiger partial charge is 0.416 e. The van der Waals surface area contributed by atoms with Crippen molar-refractivity contribution in [3.8, 4) is 0 Å². The van der Waals surface area contributed by atoms with Gasteiger partial charge in [-0.25, -0.2) is 4.98 Å². The number of rotatable bonds is 7. The third-order valence-electron chi connectivity index (χ3n) is 6.28. The van der Waals surface area contributed by atoms with E-state index in [2.05, 4.69) is 4.98 Å². The van der Waals surface area contributed by atoms with Crippen molar-refractivity contribution in [2.45, 2.75) is 51.5 Å². The van der Waals surface area contributed by atoms with Gasteiger partial charge in [0.15, 0.2) is 5.69 Å². The molecule has 4 rings (SSSR count). The Labute approximate surface area is 197 Å². The SMILES string of the molecule is CC(c1ccccc1)N(Cc1nc(C(=O)N2CCCCC2)co1)Cc1ccccc1C(F)(F)F. The third kappa shape index (κ3) is 5.67. The maximum atomic E-state index is 13.6. The second-order valence-corrected chi connectivity index (χ2v) is 8.63. The Bertz CT molecular complexity index is 1090. The Balaban J connectivity index is 1.59. The van der Waals surface area contributed by atoms with E-state index in [1.807, 2.05) is 42.2 Å². The minimum Gasteiger partial charge on any atom is -0.447 e. The molecule has 180 valence electrons. The molecule has 5 nitrogen and oxygen atoms in total. The second kappa shape index (κ2) is 10.4. The molecule has 0 N–H and O–H groups in total. The van der Waals surface area contributed by atoms with E-state index >= 15 is 0 Å². The molecule has 1 fully saturated rings. The normalized spacial score (nSPS) is 15.5. The van der Waals surface area contributed by atoms with Crippen molar-refractivity contribution in [2.75, 3.05) is 13.1 Å². The number of aromatic nitrogens is 1. The summed E-state index contributed by atoms with van der Waals surface area (Å²) in [5, 5.41) is 0. The molecule has 34 heavy (non-hydrogen) atoms. The number of likely N-dealkylation sites (tertiary alicyclic amines) is 1. The fourth-order valence-corrected chi connectivity index (χ4v) is 4.34. The monoisotopic (exact) mass is 471 g/mol. The summed E-state index contributed by atoms with van der Waals surface area (Å²) in [5.74, 6) is 0.132. The lowest BCUT2D eigenvalue weighted by Crippen LogP contribution is -2.35. The summed E-state index contributed by atoms with van der Waals surface area (Å²) in [6, 6.07) is 14.9. The molecule has 8 heteroatoms. The maximum Gasteiger partial charge on any atom is 0.416 e. The Hall–Kier alpha value is -3.13. The van der Waals surface area contributed by atoms with Gasteiger partial charge >= 0.3 is 6.18 Å². The van der Waals surface area contributed by atoms with Crippen molar-refractivity contribution in [1.82, 2.24) is 14.8 Å². The molecule has 1 amide bonds. The summed E-state index contributed by atoms with van der Waals surface area (Å²) in [6.45, 7) is 3.55. The van der Waals surface area contributed by atoms with Crippen molar-refractivity contribution in [3.63, 3.8) is 0 Å². The van der Waals surface area contributed by atoms with Crippen LogP contribution < -0.4 is 0 Å². The molecule has 1 unspecified atom stereocenters. The van der Waals surface area contributed by atoms with Gasteiger partial charge in [-0.05, 0) is 43.4 Å². The first-order chi connectivity index (χ1) is 16.3. The zero-order chi connectivity index (χ0) is 24.1. The van der Waals surface area contributed by atoms with Crippen LogP contribution in [0.15, 0.2) is 65.3 Å². The number of hydrogen-bond acceptors (Lipinski definition) is 4. The van der Waals surface area contributed by atoms with E-state index in [1.165, 1.54) is 18.4 Å². The average Bonchev–Trinajstić information content (AvgIpc) is 3.32. The van der Waals surface area contributed by atoms with Crippen LogP contribution in [0.3, 0.4) is 0 Å². The molecule has 1 aromatic heterocycles. The number of benzene rings is 2. The molecular formula is C26H28F3N3O2.